The second-order valence-corrected chi connectivity index (χ2v) is 14.1. The fraction of sp³-hybridized carbons (Fsp3) is 0.302. The van der Waals surface area contributed by atoms with Crippen LogP contribution in [0.3, 0.4) is 0 Å². The topological polar surface area (TPSA) is 291 Å². The highest BCUT2D eigenvalue weighted by Gasteiger charge is 2.21. The molecule has 0 aliphatic carbocycles. The van der Waals surface area contributed by atoms with Gasteiger partial charge in [-0.3, -0.25) is 35.9 Å². The Labute approximate surface area is 359 Å². The Kier molecular flexibility index (Phi) is 18.6. The fourth-order valence-corrected chi connectivity index (χ4v) is 4.57. The van der Waals surface area contributed by atoms with Crippen LogP contribution in [0, 0.1) is 31.6 Å². The first-order valence-corrected chi connectivity index (χ1v) is 18.6. The Morgan fingerprint density at radius 1 is 0.689 bits per heavy atom. The second kappa shape index (κ2) is 22.0. The number of ketones is 1. The number of allylic oxidation sites excluding steroid dienone is 5. The van der Waals surface area contributed by atoms with E-state index in [-0.39, 0.29) is 29.2 Å². The van der Waals surface area contributed by atoms with Crippen LogP contribution in [0.5, 0.6) is 0 Å². The lowest BCUT2D eigenvalue weighted by molar-refractivity contribution is -0.116. The minimum absolute atomic E-state index is 0.102. The smallest absolute Gasteiger partial charge is 0.252 e. The lowest BCUT2D eigenvalue weighted by Crippen LogP contribution is -2.45. The van der Waals surface area contributed by atoms with Crippen molar-refractivity contribution in [3.63, 3.8) is 0 Å². The van der Waals surface area contributed by atoms with Crippen LogP contribution in [0.15, 0.2) is 127 Å². The third kappa shape index (κ3) is 14.4. The predicted octanol–water partition coefficient (Wildman–Crippen LogP) is 5.43. The number of nitrogen functional groups attached to an aromatic ring is 1. The number of aryl methyl sites for hydroxylation is 1. The van der Waals surface area contributed by atoms with Gasteiger partial charge < -0.3 is 38.0 Å². The summed E-state index contributed by atoms with van der Waals surface area (Å²) in [6.07, 6.45) is 1.91. The maximum atomic E-state index is 11.2. The maximum absolute atomic E-state index is 11.2. The first-order valence-electron chi connectivity index (χ1n) is 18.6. The molecule has 5 aliphatic heterocycles. The number of carbonyl (C=O) groups is 2. The molecule has 18 heteroatoms. The van der Waals surface area contributed by atoms with Gasteiger partial charge in [-0.15, -0.1) is 0 Å². The van der Waals surface area contributed by atoms with Crippen molar-refractivity contribution in [2.45, 2.75) is 76.2 Å². The number of anilines is 1. The van der Waals surface area contributed by atoms with Crippen molar-refractivity contribution in [2.24, 2.45) is 37.3 Å². The van der Waals surface area contributed by atoms with Gasteiger partial charge in [-0.05, 0) is 98.9 Å². The lowest BCUT2D eigenvalue weighted by atomic mass is 9.99. The van der Waals surface area contributed by atoms with Crippen LogP contribution in [-0.2, 0) is 14.3 Å². The van der Waals surface area contributed by atoms with Crippen molar-refractivity contribution in [1.82, 2.24) is 25.7 Å². The molecule has 13 N–H and O–H groups in total. The molecule has 18 nitrogen and oxygen atoms in total. The molecule has 0 spiro atoms. The molecule has 61 heavy (non-hydrogen) atoms. The number of H-pyrrole nitrogens is 1. The van der Waals surface area contributed by atoms with E-state index < -0.39 is 0 Å². The van der Waals surface area contributed by atoms with Gasteiger partial charge in [0.1, 0.15) is 34.8 Å². The molecule has 0 saturated heterocycles. The monoisotopic (exact) mass is 838 g/mol. The highest BCUT2D eigenvalue weighted by atomic mass is 16.5. The van der Waals surface area contributed by atoms with Crippen LogP contribution in [-0.4, -0.2) is 75.8 Å². The van der Waals surface area contributed by atoms with E-state index in [2.05, 4.69) is 75.6 Å². The summed E-state index contributed by atoms with van der Waals surface area (Å²) in [6.45, 7) is 38.7. The molecule has 5 aliphatic rings. The summed E-state index contributed by atoms with van der Waals surface area (Å²) in [7, 11) is 3.66. The molecule has 0 aromatic carbocycles. The number of amidine groups is 6. The highest BCUT2D eigenvalue weighted by molar-refractivity contribution is 6.28. The van der Waals surface area contributed by atoms with E-state index in [1.807, 2.05) is 54.7 Å². The quantitative estimate of drug-likeness (QED) is 0.149. The summed E-state index contributed by atoms with van der Waals surface area (Å²) < 4.78 is 5.14. The minimum Gasteiger partial charge on any atom is -0.457 e. The number of hydrogen-bond donors (Lipinski definition) is 9. The number of nitrogens with zero attached hydrogens (tertiary/aromatic N) is 6. The summed E-state index contributed by atoms with van der Waals surface area (Å²) in [4.78, 5) is 37.2. The standard InChI is InChI=1S/2C8H10N2O.C7H11N3.C7H10N2O.C7H12N2.C6H10N4/c1-4-6(3)10-8(9)5(2)7(4)11;1-4-5(2)7(9)10-8(11)6(4)3;1-5-4-6(2)10(3)9-7(5)8;1-4-5(2)10-6(3)7(8)9-4;1-4-5(2)7(8)9-6(4)3;1-4-6(7)9-10(3)5(2)8-4/h2H2,1,3H3,(H2,9,10);2H2,1,3H3,(H2,9,10,11);4H,1H2,2-3H3,(H2,8,9);3H2,1-2H3,(H2,8,9);9H,8H2,1-3H3;1H2,2-3H3,(H2,7,9). The number of Topliss-reactive ketones (excluding diaryl/α,β-unsaturated/α-hetero) is 1. The van der Waals surface area contributed by atoms with Gasteiger partial charge in [-0.1, -0.05) is 32.9 Å². The number of rotatable bonds is 0. The SMILES string of the molecule is C=C1C(=N)NC(=O)C(C)=C1C.C=C1C(=O)C(C)=C(C)N=C1N.C=C1C=C(C)N(C)N=C1N.C=C1N=C(C)N(C)NC1=N.C=C1OC(C)=C(C)N=C1N.Cc1[nH]c(N)c(C)c1C. The molecule has 0 radical (unpaired) electrons. The number of carbonyl (C=O) groups excluding carboxylic acids is 2. The molecule has 1 aromatic heterocycles. The zero-order valence-corrected chi connectivity index (χ0v) is 37.8. The second-order valence-electron chi connectivity index (χ2n) is 14.1. The Morgan fingerprint density at radius 3 is 1.70 bits per heavy atom. The first kappa shape index (κ1) is 51.5. The van der Waals surface area contributed by atoms with Gasteiger partial charge in [0.2, 0.25) is 0 Å². The van der Waals surface area contributed by atoms with Crippen LogP contribution in [0.1, 0.15) is 72.2 Å². The number of nitrogens with one attached hydrogen (secondary N) is 5. The van der Waals surface area contributed by atoms with Crippen LogP contribution in [0.25, 0.3) is 0 Å². The summed E-state index contributed by atoms with van der Waals surface area (Å²) in [5.74, 6) is 3.98. The molecule has 0 bridgehead atoms. The van der Waals surface area contributed by atoms with E-state index in [0.717, 1.165) is 40.0 Å². The summed E-state index contributed by atoms with van der Waals surface area (Å²) in [6, 6.07) is 0. The average Bonchev–Trinajstić information content (AvgIpc) is 3.41. The number of hydrogen-bond acceptors (Lipinski definition) is 15. The highest BCUT2D eigenvalue weighted by Crippen LogP contribution is 2.19. The van der Waals surface area contributed by atoms with Crippen molar-refractivity contribution in [1.29, 1.82) is 10.8 Å². The van der Waals surface area contributed by atoms with Crippen LogP contribution >= 0.6 is 0 Å². The van der Waals surface area contributed by atoms with E-state index in [4.69, 9.17) is 38.5 Å². The van der Waals surface area contributed by atoms with Crippen LogP contribution in [0.4, 0.5) is 5.82 Å². The zero-order valence-electron chi connectivity index (χ0n) is 37.8. The Bertz CT molecular complexity index is 2290. The van der Waals surface area contributed by atoms with E-state index >= 15 is 0 Å². The zero-order chi connectivity index (χ0) is 47.4. The number of aromatic nitrogens is 1. The van der Waals surface area contributed by atoms with Crippen LogP contribution < -0.4 is 33.7 Å². The van der Waals surface area contributed by atoms with Gasteiger partial charge in [0.05, 0.1) is 11.3 Å². The maximum Gasteiger partial charge on any atom is 0.252 e. The number of nitrogens with two attached hydrogens (primary N) is 4. The molecule has 0 unspecified atom stereocenters. The average molecular weight is 838 g/mol. The van der Waals surface area contributed by atoms with Crippen molar-refractivity contribution in [3.8, 4) is 0 Å². The number of hydrazone groups is 1. The van der Waals surface area contributed by atoms with Gasteiger partial charge in [0.25, 0.3) is 5.91 Å². The fourth-order valence-electron chi connectivity index (χ4n) is 4.57. The van der Waals surface area contributed by atoms with Crippen molar-refractivity contribution >= 4 is 52.5 Å². The number of aliphatic imine (C=N–C) groups is 3. The van der Waals surface area contributed by atoms with E-state index in [1.165, 1.54) is 16.8 Å². The first-order chi connectivity index (χ1) is 28.0. The molecule has 6 heterocycles. The Morgan fingerprint density at radius 2 is 1.25 bits per heavy atom. The third-order valence-electron chi connectivity index (χ3n) is 9.69. The predicted molar refractivity (Wildman–Crippen MR) is 250 cm³/mol. The van der Waals surface area contributed by atoms with Crippen molar-refractivity contribution < 1.29 is 14.3 Å². The lowest BCUT2D eigenvalue weighted by Gasteiger charge is -2.25. The van der Waals surface area contributed by atoms with Crippen molar-refractivity contribution in [3.05, 3.63) is 124 Å². The molecule has 6 rings (SSSR count). The molecule has 0 atom stereocenters. The molecular formula is C43H63N15O3. The normalized spacial score (nSPS) is 17.5. The largest absolute Gasteiger partial charge is 0.457 e. The number of amides is 1. The van der Waals surface area contributed by atoms with E-state index in [0.29, 0.717) is 51.1 Å². The summed E-state index contributed by atoms with van der Waals surface area (Å²) >= 11 is 0. The van der Waals surface area contributed by atoms with Gasteiger partial charge in [0.15, 0.2) is 29.0 Å². The van der Waals surface area contributed by atoms with Gasteiger partial charge >= 0.3 is 0 Å². The Balaban J connectivity index is 0.000000366. The molecule has 0 fully saturated rings. The molecule has 1 amide bonds. The number of hydrazine groups is 1. The number of ether oxygens (including phenoxy) is 1. The van der Waals surface area contributed by atoms with E-state index in [1.54, 1.807) is 44.8 Å². The Hall–Kier alpha value is -7.50. The molecule has 0 saturated carbocycles. The minimum atomic E-state index is -0.195. The molecule has 328 valence electrons. The van der Waals surface area contributed by atoms with Gasteiger partial charge in [-0.25, -0.2) is 15.0 Å². The molecular weight excluding hydrogens is 775 g/mol. The van der Waals surface area contributed by atoms with Crippen LogP contribution in [0.2, 0.25) is 0 Å². The van der Waals surface area contributed by atoms with Crippen molar-refractivity contribution in [2.75, 3.05) is 19.8 Å². The van der Waals surface area contributed by atoms with Gasteiger partial charge in [-0.2, -0.15) is 5.10 Å². The van der Waals surface area contributed by atoms with E-state index in [9.17, 15) is 9.59 Å². The summed E-state index contributed by atoms with van der Waals surface area (Å²) in [5.41, 5.74) is 35.1. The third-order valence-corrected chi connectivity index (χ3v) is 9.69. The molecule has 1 aromatic rings. The summed E-state index contributed by atoms with van der Waals surface area (Å²) in [5, 5.41) is 24.3. The van der Waals surface area contributed by atoms with Gasteiger partial charge in [0, 0.05) is 53.5 Å². The number of aromatic amines is 1.